The summed E-state index contributed by atoms with van der Waals surface area (Å²) in [5, 5.41) is 5.43. The molecule has 3 aromatic carbocycles. The Bertz CT molecular complexity index is 1350. The number of halogens is 2. The highest BCUT2D eigenvalue weighted by Crippen LogP contribution is 2.40. The third kappa shape index (κ3) is 4.03. The molecule has 5 nitrogen and oxygen atoms in total. The van der Waals surface area contributed by atoms with Crippen molar-refractivity contribution in [3.63, 3.8) is 0 Å². The third-order valence-corrected chi connectivity index (χ3v) is 6.69. The minimum absolute atomic E-state index is 0.177. The van der Waals surface area contributed by atoms with Gasteiger partial charge in [-0.3, -0.25) is 0 Å². The Labute approximate surface area is 202 Å². The minimum Gasteiger partial charge on any atom is -0.497 e. The Balaban J connectivity index is 1.59. The van der Waals surface area contributed by atoms with Crippen molar-refractivity contribution in [1.82, 2.24) is 9.88 Å². The molecule has 1 aromatic heterocycles. The summed E-state index contributed by atoms with van der Waals surface area (Å²) in [5.74, 6) is 0.767. The summed E-state index contributed by atoms with van der Waals surface area (Å²) in [6, 6.07) is 18.7. The molecule has 0 saturated heterocycles. The molecule has 0 unspecified atom stereocenters. The van der Waals surface area contributed by atoms with E-state index in [1.807, 2.05) is 66.4 Å². The molecule has 0 saturated carbocycles. The molecule has 0 radical (unpaired) electrons. The van der Waals surface area contributed by atoms with Gasteiger partial charge in [-0.05, 0) is 72.5 Å². The normalized spacial score (nSPS) is 15.4. The number of aromatic nitrogens is 1. The van der Waals surface area contributed by atoms with Gasteiger partial charge < -0.3 is 19.9 Å². The molecule has 0 bridgehead atoms. The van der Waals surface area contributed by atoms with Gasteiger partial charge in [-0.15, -0.1) is 0 Å². The molecule has 168 valence electrons. The average molecular weight is 480 g/mol. The van der Waals surface area contributed by atoms with E-state index in [-0.39, 0.29) is 12.1 Å². The van der Waals surface area contributed by atoms with E-state index in [9.17, 15) is 4.79 Å². The van der Waals surface area contributed by atoms with Gasteiger partial charge in [-0.25, -0.2) is 4.79 Å². The van der Waals surface area contributed by atoms with Crippen LogP contribution >= 0.6 is 23.2 Å². The standard InChI is InChI=1S/C26H23Cl2N3O2/c1-15-3-6-18(28)14-23(15)30-26(32)31-12-11-20-21-13-17(27)7-10-22(21)29-24(20)25(31)16-4-8-19(33-2)9-5-16/h3-10,13-14,25,29H,11-12H2,1-2H3,(H,30,32)/t25-/m0/s1. The lowest BCUT2D eigenvalue weighted by molar-refractivity contribution is 0.193. The van der Waals surface area contributed by atoms with Crippen molar-refractivity contribution in [3.8, 4) is 5.75 Å². The van der Waals surface area contributed by atoms with E-state index < -0.39 is 0 Å². The zero-order valence-electron chi connectivity index (χ0n) is 18.3. The zero-order valence-corrected chi connectivity index (χ0v) is 19.8. The minimum atomic E-state index is -0.287. The second-order valence-electron chi connectivity index (χ2n) is 8.22. The highest BCUT2D eigenvalue weighted by molar-refractivity contribution is 6.31. The Hall–Kier alpha value is -3.15. The van der Waals surface area contributed by atoms with Crippen LogP contribution in [0.1, 0.15) is 28.4 Å². The lowest BCUT2D eigenvalue weighted by Crippen LogP contribution is -2.43. The number of amides is 2. The number of hydrogen-bond donors (Lipinski definition) is 2. The number of benzene rings is 3. The summed E-state index contributed by atoms with van der Waals surface area (Å²) in [7, 11) is 1.64. The van der Waals surface area contributed by atoms with Crippen LogP contribution in [-0.2, 0) is 6.42 Å². The summed E-state index contributed by atoms with van der Waals surface area (Å²) in [6.45, 7) is 2.51. The van der Waals surface area contributed by atoms with Crippen LogP contribution in [0.5, 0.6) is 5.75 Å². The molecule has 0 fully saturated rings. The van der Waals surface area contributed by atoms with Gasteiger partial charge in [0, 0.05) is 38.9 Å². The SMILES string of the molecule is COc1ccc([C@H]2c3[nH]c4ccc(Cl)cc4c3CCN2C(=O)Nc2cc(Cl)ccc2C)cc1. The van der Waals surface area contributed by atoms with Crippen molar-refractivity contribution in [2.75, 3.05) is 19.0 Å². The second kappa shape index (κ2) is 8.65. The Morgan fingerprint density at radius 1 is 1.06 bits per heavy atom. The first-order valence-corrected chi connectivity index (χ1v) is 11.5. The highest BCUT2D eigenvalue weighted by Gasteiger charge is 2.35. The molecule has 0 aliphatic carbocycles. The monoisotopic (exact) mass is 479 g/mol. The van der Waals surface area contributed by atoms with Crippen LogP contribution in [0.3, 0.4) is 0 Å². The number of urea groups is 1. The number of fused-ring (bicyclic) bond motifs is 3. The fraction of sp³-hybridized carbons (Fsp3) is 0.192. The van der Waals surface area contributed by atoms with Gasteiger partial charge in [0.25, 0.3) is 0 Å². The molecule has 7 heteroatoms. The topological polar surface area (TPSA) is 57.4 Å². The van der Waals surface area contributed by atoms with Crippen LogP contribution in [0, 0.1) is 6.92 Å². The number of hydrogen-bond acceptors (Lipinski definition) is 2. The molecule has 1 atom stereocenters. The molecule has 2 heterocycles. The molecule has 33 heavy (non-hydrogen) atoms. The van der Waals surface area contributed by atoms with Crippen molar-refractivity contribution in [1.29, 1.82) is 0 Å². The van der Waals surface area contributed by atoms with Crippen molar-refractivity contribution in [2.45, 2.75) is 19.4 Å². The number of carbonyl (C=O) groups excluding carboxylic acids is 1. The summed E-state index contributed by atoms with van der Waals surface area (Å²) in [4.78, 5) is 18.9. The molecule has 2 amide bonds. The summed E-state index contributed by atoms with van der Waals surface area (Å²) in [6.07, 6.45) is 0.726. The van der Waals surface area contributed by atoms with E-state index >= 15 is 0 Å². The number of methoxy groups -OCH3 is 1. The van der Waals surface area contributed by atoms with E-state index in [0.717, 1.165) is 39.9 Å². The lowest BCUT2D eigenvalue weighted by Gasteiger charge is -2.36. The number of ether oxygens (including phenoxy) is 1. The molecule has 1 aliphatic rings. The number of carbonyl (C=O) groups is 1. The van der Waals surface area contributed by atoms with Crippen molar-refractivity contribution in [3.05, 3.63) is 93.1 Å². The van der Waals surface area contributed by atoms with Crippen LogP contribution in [0.15, 0.2) is 60.7 Å². The molecular weight excluding hydrogens is 457 g/mol. The first-order valence-electron chi connectivity index (χ1n) is 10.7. The Morgan fingerprint density at radius 2 is 1.79 bits per heavy atom. The number of nitrogens with one attached hydrogen (secondary N) is 2. The second-order valence-corrected chi connectivity index (χ2v) is 9.09. The summed E-state index contributed by atoms with van der Waals surface area (Å²) >= 11 is 12.5. The van der Waals surface area contributed by atoms with Gasteiger partial charge in [0.15, 0.2) is 0 Å². The van der Waals surface area contributed by atoms with E-state index in [2.05, 4.69) is 10.3 Å². The number of aromatic amines is 1. The average Bonchev–Trinajstić information content (AvgIpc) is 3.18. The predicted octanol–water partition coefficient (Wildman–Crippen LogP) is 6.97. The first-order chi connectivity index (χ1) is 15.9. The number of anilines is 1. The van der Waals surface area contributed by atoms with Crippen LogP contribution < -0.4 is 10.1 Å². The molecule has 1 aliphatic heterocycles. The molecule has 4 aromatic rings. The van der Waals surface area contributed by atoms with Gasteiger partial charge in [0.2, 0.25) is 0 Å². The highest BCUT2D eigenvalue weighted by atomic mass is 35.5. The van der Waals surface area contributed by atoms with Crippen LogP contribution in [0.4, 0.5) is 10.5 Å². The summed E-state index contributed by atoms with van der Waals surface area (Å²) in [5.41, 5.74) is 5.85. The molecular formula is C26H23Cl2N3O2. The van der Waals surface area contributed by atoms with Crippen molar-refractivity contribution in [2.24, 2.45) is 0 Å². The van der Waals surface area contributed by atoms with Crippen molar-refractivity contribution < 1.29 is 9.53 Å². The first kappa shape index (κ1) is 21.7. The molecule has 0 spiro atoms. The molecule has 5 rings (SSSR count). The number of nitrogens with zero attached hydrogens (tertiary/aromatic N) is 1. The van der Waals surface area contributed by atoms with Crippen LogP contribution in [-0.4, -0.2) is 29.6 Å². The van der Waals surface area contributed by atoms with E-state index in [0.29, 0.717) is 22.3 Å². The van der Waals surface area contributed by atoms with Crippen LogP contribution in [0.25, 0.3) is 10.9 Å². The van der Waals surface area contributed by atoms with Crippen molar-refractivity contribution >= 4 is 45.8 Å². The zero-order chi connectivity index (χ0) is 23.1. The fourth-order valence-corrected chi connectivity index (χ4v) is 4.87. The lowest BCUT2D eigenvalue weighted by atomic mass is 9.92. The largest absolute Gasteiger partial charge is 0.497 e. The van der Waals surface area contributed by atoms with Gasteiger partial charge in [-0.2, -0.15) is 0 Å². The maximum Gasteiger partial charge on any atom is 0.322 e. The fourth-order valence-electron chi connectivity index (χ4n) is 4.53. The van der Waals surface area contributed by atoms with E-state index in [1.54, 1.807) is 13.2 Å². The number of aryl methyl sites for hydroxylation is 1. The third-order valence-electron chi connectivity index (χ3n) is 6.22. The maximum atomic E-state index is 13.5. The van der Waals surface area contributed by atoms with Crippen LogP contribution in [0.2, 0.25) is 10.0 Å². The van der Waals surface area contributed by atoms with Gasteiger partial charge in [0.1, 0.15) is 5.75 Å². The summed E-state index contributed by atoms with van der Waals surface area (Å²) < 4.78 is 5.34. The Kier molecular flexibility index (Phi) is 5.69. The van der Waals surface area contributed by atoms with E-state index in [4.69, 9.17) is 27.9 Å². The number of rotatable bonds is 3. The van der Waals surface area contributed by atoms with Gasteiger partial charge in [-0.1, -0.05) is 41.4 Å². The molecule has 2 N–H and O–H groups in total. The smallest absolute Gasteiger partial charge is 0.322 e. The maximum absolute atomic E-state index is 13.5. The Morgan fingerprint density at radius 3 is 2.55 bits per heavy atom. The predicted molar refractivity (Wildman–Crippen MR) is 134 cm³/mol. The van der Waals surface area contributed by atoms with Gasteiger partial charge in [0.05, 0.1) is 13.2 Å². The quantitative estimate of drug-likeness (QED) is 0.333. The number of H-pyrrole nitrogens is 1. The van der Waals surface area contributed by atoms with E-state index in [1.165, 1.54) is 5.56 Å². The van der Waals surface area contributed by atoms with Gasteiger partial charge >= 0.3 is 6.03 Å².